The lowest BCUT2D eigenvalue weighted by Crippen LogP contribution is -2.35. The maximum Gasteiger partial charge on any atom is 0.202 e. The van der Waals surface area contributed by atoms with Gasteiger partial charge in [0.25, 0.3) is 0 Å². The van der Waals surface area contributed by atoms with Crippen molar-refractivity contribution in [1.82, 2.24) is 14.5 Å². The first kappa shape index (κ1) is 11.5. The Morgan fingerprint density at radius 1 is 1.50 bits per heavy atom. The van der Waals surface area contributed by atoms with Crippen molar-refractivity contribution in [3.63, 3.8) is 0 Å². The Morgan fingerprint density at radius 2 is 2.33 bits per heavy atom. The zero-order chi connectivity index (χ0) is 12.8. The minimum Gasteiger partial charge on any atom is -0.375 e. The summed E-state index contributed by atoms with van der Waals surface area (Å²) < 4.78 is 7.81. The summed E-state index contributed by atoms with van der Waals surface area (Å²) in [6.07, 6.45) is 3.67. The van der Waals surface area contributed by atoms with Gasteiger partial charge < -0.3 is 10.5 Å². The Labute approximate surface area is 106 Å². The van der Waals surface area contributed by atoms with Crippen molar-refractivity contribution in [1.29, 1.82) is 0 Å². The summed E-state index contributed by atoms with van der Waals surface area (Å²) in [6, 6.07) is 4.14. The molecular weight excluding hydrogens is 228 g/mol. The first-order valence-corrected chi connectivity index (χ1v) is 6.29. The summed E-state index contributed by atoms with van der Waals surface area (Å²) in [6.45, 7) is 4.98. The average molecular weight is 246 g/mol. The zero-order valence-corrected chi connectivity index (χ0v) is 10.8. The molecule has 0 aliphatic carbocycles. The van der Waals surface area contributed by atoms with Crippen molar-refractivity contribution in [2.75, 3.05) is 12.3 Å². The van der Waals surface area contributed by atoms with Crippen LogP contribution in [0.3, 0.4) is 0 Å². The van der Waals surface area contributed by atoms with Crippen LogP contribution in [0.25, 0.3) is 11.2 Å². The van der Waals surface area contributed by atoms with Crippen LogP contribution in [0.1, 0.15) is 32.7 Å². The highest BCUT2D eigenvalue weighted by atomic mass is 16.5. The van der Waals surface area contributed by atoms with E-state index < -0.39 is 0 Å². The fourth-order valence-electron chi connectivity index (χ4n) is 2.73. The van der Waals surface area contributed by atoms with Gasteiger partial charge in [0.15, 0.2) is 5.65 Å². The Balaban J connectivity index is 2.06. The minimum absolute atomic E-state index is 0.110. The molecule has 0 bridgehead atoms. The van der Waals surface area contributed by atoms with Crippen LogP contribution in [0.15, 0.2) is 18.3 Å². The lowest BCUT2D eigenvalue weighted by Gasteiger charge is -2.36. The van der Waals surface area contributed by atoms with Crippen LogP contribution in [0.5, 0.6) is 0 Å². The normalized spacial score (nSPS) is 23.3. The van der Waals surface area contributed by atoms with Gasteiger partial charge in [-0.2, -0.15) is 0 Å². The van der Waals surface area contributed by atoms with Crippen molar-refractivity contribution < 1.29 is 4.74 Å². The highest BCUT2D eigenvalue weighted by Crippen LogP contribution is 2.35. The van der Waals surface area contributed by atoms with Crippen molar-refractivity contribution >= 4 is 17.1 Å². The third kappa shape index (κ3) is 1.84. The van der Waals surface area contributed by atoms with Crippen molar-refractivity contribution in [2.45, 2.75) is 38.3 Å². The van der Waals surface area contributed by atoms with E-state index in [4.69, 9.17) is 10.5 Å². The maximum absolute atomic E-state index is 6.04. The molecule has 1 aliphatic heterocycles. The quantitative estimate of drug-likeness (QED) is 0.837. The number of nitrogen functional groups attached to an aromatic ring is 1. The van der Waals surface area contributed by atoms with E-state index in [0.717, 1.165) is 30.6 Å². The number of fused-ring (bicyclic) bond motifs is 1. The highest BCUT2D eigenvalue weighted by molar-refractivity contribution is 5.74. The van der Waals surface area contributed by atoms with Gasteiger partial charge in [-0.05, 0) is 38.8 Å². The van der Waals surface area contributed by atoms with Gasteiger partial charge in [-0.1, -0.05) is 0 Å². The molecular formula is C13H18N4O. The van der Waals surface area contributed by atoms with Crippen molar-refractivity contribution in [2.24, 2.45) is 0 Å². The second-order valence-corrected chi connectivity index (χ2v) is 5.44. The van der Waals surface area contributed by atoms with Gasteiger partial charge in [0.05, 0.1) is 5.60 Å². The SMILES string of the molecule is CC1(C)CC(n2c(N)nc3cccnc32)CCO1. The predicted molar refractivity (Wildman–Crippen MR) is 70.2 cm³/mol. The molecule has 2 N–H and O–H groups in total. The van der Waals surface area contributed by atoms with E-state index in [1.807, 2.05) is 12.1 Å². The lowest BCUT2D eigenvalue weighted by atomic mass is 9.94. The first-order chi connectivity index (χ1) is 8.57. The molecule has 1 unspecified atom stereocenters. The van der Waals surface area contributed by atoms with Gasteiger partial charge in [0.1, 0.15) is 5.52 Å². The molecule has 1 aliphatic rings. The number of nitrogens with zero attached hydrogens (tertiary/aromatic N) is 3. The van der Waals surface area contributed by atoms with Gasteiger partial charge in [0.2, 0.25) is 5.95 Å². The lowest BCUT2D eigenvalue weighted by molar-refractivity contribution is -0.0682. The summed E-state index contributed by atoms with van der Waals surface area (Å²) >= 11 is 0. The molecule has 0 saturated carbocycles. The molecule has 1 saturated heterocycles. The summed E-state index contributed by atoms with van der Waals surface area (Å²) in [5, 5.41) is 0. The van der Waals surface area contributed by atoms with Gasteiger partial charge in [-0.3, -0.25) is 4.57 Å². The fourth-order valence-corrected chi connectivity index (χ4v) is 2.73. The summed E-state index contributed by atoms with van der Waals surface area (Å²) in [4.78, 5) is 8.78. The average Bonchev–Trinajstić information content (AvgIpc) is 2.63. The topological polar surface area (TPSA) is 66.0 Å². The Kier molecular flexibility index (Phi) is 2.52. The second-order valence-electron chi connectivity index (χ2n) is 5.44. The standard InChI is InChI=1S/C13H18N4O/c1-13(2)8-9(5-7-18-13)17-11-10(16-12(17)14)4-3-6-15-11/h3-4,6,9H,5,7-8H2,1-2H3,(H2,14,16). The molecule has 5 heteroatoms. The third-order valence-corrected chi connectivity index (χ3v) is 3.51. The summed E-state index contributed by atoms with van der Waals surface area (Å²) in [7, 11) is 0. The van der Waals surface area contributed by atoms with E-state index in [-0.39, 0.29) is 5.60 Å². The van der Waals surface area contributed by atoms with Crippen LogP contribution in [-0.2, 0) is 4.74 Å². The van der Waals surface area contributed by atoms with Crippen LogP contribution < -0.4 is 5.73 Å². The highest BCUT2D eigenvalue weighted by Gasteiger charge is 2.31. The van der Waals surface area contributed by atoms with E-state index >= 15 is 0 Å². The molecule has 1 atom stereocenters. The van der Waals surface area contributed by atoms with E-state index in [9.17, 15) is 0 Å². The molecule has 0 aromatic carbocycles. The molecule has 0 amide bonds. The van der Waals surface area contributed by atoms with Gasteiger partial charge in [-0.15, -0.1) is 0 Å². The van der Waals surface area contributed by atoms with Crippen molar-refractivity contribution in [3.8, 4) is 0 Å². The third-order valence-electron chi connectivity index (χ3n) is 3.51. The molecule has 0 radical (unpaired) electrons. The number of ether oxygens (including phenoxy) is 1. The van der Waals surface area contributed by atoms with Crippen LogP contribution in [0, 0.1) is 0 Å². The molecule has 1 fully saturated rings. The number of hydrogen-bond donors (Lipinski definition) is 1. The Morgan fingerprint density at radius 3 is 3.11 bits per heavy atom. The Hall–Kier alpha value is -1.62. The maximum atomic E-state index is 6.04. The summed E-state index contributed by atoms with van der Waals surface area (Å²) in [5.41, 5.74) is 7.67. The monoisotopic (exact) mass is 246 g/mol. The van der Waals surface area contributed by atoms with Gasteiger partial charge in [-0.25, -0.2) is 9.97 Å². The minimum atomic E-state index is -0.110. The molecule has 96 valence electrons. The van der Waals surface area contributed by atoms with Gasteiger partial charge >= 0.3 is 0 Å². The molecule has 2 aromatic heterocycles. The Bertz CT molecular complexity index is 575. The zero-order valence-electron chi connectivity index (χ0n) is 10.8. The number of hydrogen-bond acceptors (Lipinski definition) is 4. The summed E-state index contributed by atoms with van der Waals surface area (Å²) in [5.74, 6) is 0.548. The molecule has 2 aromatic rings. The molecule has 0 spiro atoms. The number of anilines is 1. The van der Waals surface area contributed by atoms with Crippen LogP contribution in [0.4, 0.5) is 5.95 Å². The van der Waals surface area contributed by atoms with E-state index in [1.54, 1.807) is 6.20 Å². The van der Waals surface area contributed by atoms with Crippen LogP contribution in [0.2, 0.25) is 0 Å². The molecule has 3 rings (SSSR count). The number of imidazole rings is 1. The number of pyridine rings is 1. The predicted octanol–water partition coefficient (Wildman–Crippen LogP) is 2.14. The van der Waals surface area contributed by atoms with Crippen molar-refractivity contribution in [3.05, 3.63) is 18.3 Å². The first-order valence-electron chi connectivity index (χ1n) is 6.29. The largest absolute Gasteiger partial charge is 0.375 e. The smallest absolute Gasteiger partial charge is 0.202 e. The fraction of sp³-hybridized carbons (Fsp3) is 0.538. The van der Waals surface area contributed by atoms with Crippen LogP contribution in [-0.4, -0.2) is 26.7 Å². The molecule has 5 nitrogen and oxygen atoms in total. The van der Waals surface area contributed by atoms with Crippen LogP contribution >= 0.6 is 0 Å². The number of aromatic nitrogens is 3. The van der Waals surface area contributed by atoms with Gasteiger partial charge in [0, 0.05) is 18.8 Å². The second kappa shape index (κ2) is 3.95. The number of nitrogens with two attached hydrogens (primary N) is 1. The molecule has 3 heterocycles. The number of rotatable bonds is 1. The van der Waals surface area contributed by atoms with E-state index in [2.05, 4.69) is 28.4 Å². The van der Waals surface area contributed by atoms with E-state index in [0.29, 0.717) is 12.0 Å². The van der Waals surface area contributed by atoms with E-state index in [1.165, 1.54) is 0 Å². The molecule has 18 heavy (non-hydrogen) atoms.